The maximum absolute atomic E-state index is 13.5. The third-order valence-electron chi connectivity index (χ3n) is 5.32. The molecule has 2 aromatic carbocycles. The van der Waals surface area contributed by atoms with Gasteiger partial charge in [-0.3, -0.25) is 9.59 Å². The van der Waals surface area contributed by atoms with Gasteiger partial charge in [0.25, 0.3) is 5.91 Å². The fraction of sp³-hybridized carbons (Fsp3) is 0.125. The molecule has 5 rings (SSSR count). The zero-order chi connectivity index (χ0) is 22.8. The Labute approximate surface area is 192 Å². The van der Waals surface area contributed by atoms with E-state index in [-0.39, 0.29) is 24.2 Å². The predicted molar refractivity (Wildman–Crippen MR) is 126 cm³/mol. The van der Waals surface area contributed by atoms with E-state index < -0.39 is 0 Å². The monoisotopic (exact) mass is 461 g/mol. The Bertz CT molecular complexity index is 1450. The largest absolute Gasteiger partial charge is 0.361 e. The topological polar surface area (TPSA) is 91.8 Å². The number of H-pyrrole nitrogens is 1. The summed E-state index contributed by atoms with van der Waals surface area (Å²) in [5.41, 5.74) is 3.06. The van der Waals surface area contributed by atoms with Crippen LogP contribution in [0, 0.1) is 5.82 Å². The number of fused-ring (bicyclic) bond motifs is 2. The molecule has 0 unspecified atom stereocenters. The van der Waals surface area contributed by atoms with Crippen molar-refractivity contribution in [3.05, 3.63) is 84.1 Å². The SMILES string of the molecule is O=C(CNC(=O)c1ccc2nc(-n3cccc3)sc2c1)NCCc1c[nH]c2ccc(F)cc12. The standard InChI is InChI=1S/C24H20FN5O2S/c25-17-4-6-19-18(12-17)16(13-27-19)7-8-26-22(31)14-28-23(32)15-3-5-20-21(11-15)33-24(29-20)30-9-1-2-10-30/h1-6,9-13,27H,7-8,14H2,(H,26,31)(H,28,32). The van der Waals surface area contributed by atoms with Gasteiger partial charge in [-0.2, -0.15) is 0 Å². The van der Waals surface area contributed by atoms with Crippen LogP contribution in [0.15, 0.2) is 67.1 Å². The number of rotatable bonds is 7. The summed E-state index contributed by atoms with van der Waals surface area (Å²) in [5.74, 6) is -0.911. The average molecular weight is 462 g/mol. The lowest BCUT2D eigenvalue weighted by Crippen LogP contribution is -2.37. The van der Waals surface area contributed by atoms with Gasteiger partial charge < -0.3 is 20.2 Å². The first kappa shape index (κ1) is 20.9. The van der Waals surface area contributed by atoms with Crippen LogP contribution in [0.2, 0.25) is 0 Å². The van der Waals surface area contributed by atoms with Crippen LogP contribution in [0.5, 0.6) is 0 Å². The molecule has 9 heteroatoms. The number of carbonyl (C=O) groups excluding carboxylic acids is 2. The van der Waals surface area contributed by atoms with Gasteiger partial charge in [0.05, 0.1) is 16.8 Å². The first-order valence-corrected chi connectivity index (χ1v) is 11.2. The highest BCUT2D eigenvalue weighted by Crippen LogP contribution is 2.26. The number of aromatic amines is 1. The third-order valence-corrected chi connectivity index (χ3v) is 6.35. The van der Waals surface area contributed by atoms with Crippen LogP contribution >= 0.6 is 11.3 Å². The summed E-state index contributed by atoms with van der Waals surface area (Å²) in [7, 11) is 0. The molecular formula is C24H20FN5O2S. The Morgan fingerprint density at radius 3 is 2.79 bits per heavy atom. The molecule has 33 heavy (non-hydrogen) atoms. The molecule has 0 fully saturated rings. The number of hydrogen-bond donors (Lipinski definition) is 3. The molecule has 0 atom stereocenters. The van der Waals surface area contributed by atoms with Crippen molar-refractivity contribution in [3.63, 3.8) is 0 Å². The molecular weight excluding hydrogens is 441 g/mol. The Morgan fingerprint density at radius 1 is 1.09 bits per heavy atom. The highest BCUT2D eigenvalue weighted by molar-refractivity contribution is 7.20. The average Bonchev–Trinajstić information content (AvgIpc) is 3.56. The van der Waals surface area contributed by atoms with Gasteiger partial charge in [0, 0.05) is 41.6 Å². The second-order valence-corrected chi connectivity index (χ2v) is 8.56. The number of aromatic nitrogens is 3. The van der Waals surface area contributed by atoms with Gasteiger partial charge >= 0.3 is 0 Å². The second kappa shape index (κ2) is 8.87. The molecule has 0 aliphatic carbocycles. The van der Waals surface area contributed by atoms with Crippen molar-refractivity contribution in [2.45, 2.75) is 6.42 Å². The van der Waals surface area contributed by atoms with Crippen LogP contribution in [0.4, 0.5) is 4.39 Å². The molecule has 2 amide bonds. The third kappa shape index (κ3) is 4.49. The summed E-state index contributed by atoms with van der Waals surface area (Å²) in [6.45, 7) is 0.254. The van der Waals surface area contributed by atoms with Crippen molar-refractivity contribution in [2.24, 2.45) is 0 Å². The molecule has 0 spiro atoms. The van der Waals surface area contributed by atoms with Gasteiger partial charge in [-0.25, -0.2) is 9.37 Å². The Balaban J connectivity index is 1.14. The fourth-order valence-electron chi connectivity index (χ4n) is 3.65. The van der Waals surface area contributed by atoms with E-state index in [1.807, 2.05) is 35.3 Å². The van der Waals surface area contributed by atoms with Crippen molar-refractivity contribution >= 4 is 44.3 Å². The number of nitrogens with one attached hydrogen (secondary N) is 3. The molecule has 0 aliphatic rings. The van der Waals surface area contributed by atoms with Crippen molar-refractivity contribution in [1.82, 2.24) is 25.2 Å². The van der Waals surface area contributed by atoms with Crippen LogP contribution < -0.4 is 10.6 Å². The molecule has 3 N–H and O–H groups in total. The van der Waals surface area contributed by atoms with Crippen LogP contribution in [0.25, 0.3) is 26.3 Å². The van der Waals surface area contributed by atoms with Gasteiger partial charge in [0.1, 0.15) is 5.82 Å². The van der Waals surface area contributed by atoms with Crippen molar-refractivity contribution in [2.75, 3.05) is 13.1 Å². The Hall–Kier alpha value is -3.98. The summed E-state index contributed by atoms with van der Waals surface area (Å²) in [5, 5.41) is 7.06. The zero-order valence-corrected chi connectivity index (χ0v) is 18.3. The highest BCUT2D eigenvalue weighted by atomic mass is 32.1. The molecule has 0 saturated carbocycles. The number of nitrogens with zero attached hydrogens (tertiary/aromatic N) is 2. The Kier molecular flexibility index (Phi) is 5.62. The first-order chi connectivity index (χ1) is 16.1. The molecule has 0 saturated heterocycles. The van der Waals surface area contributed by atoms with Crippen LogP contribution in [0.1, 0.15) is 15.9 Å². The number of benzene rings is 2. The molecule has 3 aromatic heterocycles. The summed E-state index contributed by atoms with van der Waals surface area (Å²) in [4.78, 5) is 32.3. The molecule has 166 valence electrons. The smallest absolute Gasteiger partial charge is 0.251 e. The van der Waals surface area contributed by atoms with Gasteiger partial charge in [-0.1, -0.05) is 11.3 Å². The van der Waals surface area contributed by atoms with Crippen molar-refractivity contribution in [1.29, 1.82) is 0 Å². The number of amides is 2. The molecule has 3 heterocycles. The zero-order valence-electron chi connectivity index (χ0n) is 17.5. The number of hydrogen-bond acceptors (Lipinski definition) is 4. The maximum Gasteiger partial charge on any atom is 0.251 e. The van der Waals surface area contributed by atoms with Crippen LogP contribution in [-0.4, -0.2) is 39.4 Å². The highest BCUT2D eigenvalue weighted by Gasteiger charge is 2.12. The van der Waals surface area contributed by atoms with Gasteiger partial charge in [-0.05, 0) is 60.5 Å². The lowest BCUT2D eigenvalue weighted by atomic mass is 10.1. The quantitative estimate of drug-likeness (QED) is 0.344. The van der Waals surface area contributed by atoms with Gasteiger partial charge in [-0.15, -0.1) is 0 Å². The van der Waals surface area contributed by atoms with Crippen LogP contribution in [-0.2, 0) is 11.2 Å². The summed E-state index contributed by atoms with van der Waals surface area (Å²) in [6, 6.07) is 13.7. The molecule has 7 nitrogen and oxygen atoms in total. The van der Waals surface area contributed by atoms with E-state index in [0.717, 1.165) is 31.8 Å². The van der Waals surface area contributed by atoms with E-state index >= 15 is 0 Å². The lowest BCUT2D eigenvalue weighted by Gasteiger charge is -2.07. The normalized spacial score (nSPS) is 11.2. The minimum Gasteiger partial charge on any atom is -0.361 e. The van der Waals surface area contributed by atoms with E-state index in [0.29, 0.717) is 18.5 Å². The Morgan fingerprint density at radius 2 is 1.94 bits per heavy atom. The summed E-state index contributed by atoms with van der Waals surface area (Å²) >= 11 is 1.49. The number of halogens is 1. The lowest BCUT2D eigenvalue weighted by molar-refractivity contribution is -0.120. The van der Waals surface area contributed by atoms with E-state index in [4.69, 9.17) is 0 Å². The summed E-state index contributed by atoms with van der Waals surface area (Å²) in [6.07, 6.45) is 6.20. The predicted octanol–water partition coefficient (Wildman–Crippen LogP) is 3.80. The van der Waals surface area contributed by atoms with Crippen LogP contribution in [0.3, 0.4) is 0 Å². The minimum absolute atomic E-state index is 0.128. The van der Waals surface area contributed by atoms with Crippen molar-refractivity contribution < 1.29 is 14.0 Å². The number of thiazole rings is 1. The maximum atomic E-state index is 13.5. The van der Waals surface area contributed by atoms with E-state index in [1.165, 1.54) is 23.5 Å². The van der Waals surface area contributed by atoms with E-state index in [1.54, 1.807) is 24.3 Å². The second-order valence-electron chi connectivity index (χ2n) is 7.56. The van der Waals surface area contributed by atoms with E-state index in [9.17, 15) is 14.0 Å². The molecule has 5 aromatic rings. The van der Waals surface area contributed by atoms with Gasteiger partial charge in [0.2, 0.25) is 5.91 Å². The van der Waals surface area contributed by atoms with Gasteiger partial charge in [0.15, 0.2) is 5.13 Å². The number of carbonyl (C=O) groups is 2. The molecule has 0 bridgehead atoms. The van der Waals surface area contributed by atoms with Crippen molar-refractivity contribution in [3.8, 4) is 5.13 Å². The molecule has 0 radical (unpaired) electrons. The van der Waals surface area contributed by atoms with E-state index in [2.05, 4.69) is 20.6 Å². The summed E-state index contributed by atoms with van der Waals surface area (Å²) < 4.78 is 16.3. The minimum atomic E-state index is -0.324. The first-order valence-electron chi connectivity index (χ1n) is 10.4. The molecule has 0 aliphatic heterocycles. The fourth-order valence-corrected chi connectivity index (χ4v) is 4.62.